The first-order valence-corrected chi connectivity index (χ1v) is 7.90. The van der Waals surface area contributed by atoms with Gasteiger partial charge in [0.2, 0.25) is 5.91 Å². The number of carbonyl (C=O) groups excluding carboxylic acids is 2. The number of nitrogens with zero attached hydrogens (tertiary/aromatic N) is 2. The molecule has 0 bridgehead atoms. The van der Waals surface area contributed by atoms with E-state index in [2.05, 4.69) is 26.1 Å². The molecule has 1 aliphatic heterocycles. The van der Waals surface area contributed by atoms with Gasteiger partial charge in [-0.25, -0.2) is 0 Å². The molecule has 2 aromatic rings. The van der Waals surface area contributed by atoms with Gasteiger partial charge in [0.25, 0.3) is 6.47 Å². The summed E-state index contributed by atoms with van der Waals surface area (Å²) in [7, 11) is 0. The maximum absolute atomic E-state index is 11.7. The van der Waals surface area contributed by atoms with Gasteiger partial charge in [0.05, 0.1) is 13.1 Å². The molecule has 0 radical (unpaired) electrons. The first kappa shape index (κ1) is 17.9. The molecular weight excluding hydrogens is 308 g/mol. The number of aromatic nitrogens is 2. The minimum absolute atomic E-state index is 0.160. The van der Waals surface area contributed by atoms with E-state index >= 15 is 0 Å². The lowest BCUT2D eigenvalue weighted by Crippen LogP contribution is -2.47. The van der Waals surface area contributed by atoms with Crippen LogP contribution in [0.15, 0.2) is 24.5 Å². The molecule has 0 aromatic carbocycles. The number of pyridine rings is 1. The van der Waals surface area contributed by atoms with E-state index in [1.807, 2.05) is 37.9 Å². The molecule has 7 heteroatoms. The van der Waals surface area contributed by atoms with Crippen molar-refractivity contribution in [3.63, 3.8) is 0 Å². The number of rotatable bonds is 3. The lowest BCUT2D eigenvalue weighted by Gasteiger charge is -2.26. The van der Waals surface area contributed by atoms with E-state index in [4.69, 9.17) is 0 Å². The highest BCUT2D eigenvalue weighted by molar-refractivity contribution is 5.80. The summed E-state index contributed by atoms with van der Waals surface area (Å²) in [6.07, 6.45) is 3.59. The predicted molar refractivity (Wildman–Crippen MR) is 91.3 cm³/mol. The van der Waals surface area contributed by atoms with Crippen molar-refractivity contribution < 1.29 is 14.3 Å². The maximum Gasteiger partial charge on any atom is 0.293 e. The summed E-state index contributed by atoms with van der Waals surface area (Å²) in [6.45, 7) is 8.65. The van der Waals surface area contributed by atoms with Crippen LogP contribution in [0, 0.1) is 0 Å². The maximum atomic E-state index is 11.7. The van der Waals surface area contributed by atoms with Crippen LogP contribution in [0.3, 0.4) is 0 Å². The van der Waals surface area contributed by atoms with Gasteiger partial charge in [-0.1, -0.05) is 0 Å². The number of hydrogen-bond acceptors (Lipinski definition) is 5. The second-order valence-electron chi connectivity index (χ2n) is 6.58. The van der Waals surface area contributed by atoms with Gasteiger partial charge < -0.3 is 19.9 Å². The summed E-state index contributed by atoms with van der Waals surface area (Å²) in [6, 6.07) is 4.00. The van der Waals surface area contributed by atoms with Crippen LogP contribution in [0.2, 0.25) is 0 Å². The third-order valence-corrected chi connectivity index (χ3v) is 3.43. The number of H-pyrrole nitrogens is 1. The SMILES string of the molecule is CC(C)(C)OC=O.O=C1CNCCN1Cc1cc2cnccc2[nH]1. The van der Waals surface area contributed by atoms with Crippen LogP contribution >= 0.6 is 0 Å². The highest BCUT2D eigenvalue weighted by atomic mass is 16.5. The van der Waals surface area contributed by atoms with E-state index in [1.54, 1.807) is 6.20 Å². The zero-order valence-corrected chi connectivity index (χ0v) is 14.3. The number of amides is 1. The Kier molecular flexibility index (Phi) is 5.92. The van der Waals surface area contributed by atoms with Crippen LogP contribution in [-0.2, 0) is 20.9 Å². The molecule has 0 saturated carbocycles. The molecule has 2 aromatic heterocycles. The molecule has 1 fully saturated rings. The van der Waals surface area contributed by atoms with Crippen molar-refractivity contribution in [1.82, 2.24) is 20.2 Å². The summed E-state index contributed by atoms with van der Waals surface area (Å²) in [5, 5.41) is 4.15. The number of hydrogen-bond donors (Lipinski definition) is 2. The Morgan fingerprint density at radius 1 is 1.42 bits per heavy atom. The number of nitrogens with one attached hydrogen (secondary N) is 2. The van der Waals surface area contributed by atoms with Crippen LogP contribution in [0.1, 0.15) is 26.5 Å². The second kappa shape index (κ2) is 7.92. The van der Waals surface area contributed by atoms with Gasteiger partial charge in [-0.05, 0) is 32.9 Å². The van der Waals surface area contributed by atoms with Crippen LogP contribution in [0.4, 0.5) is 0 Å². The number of carbonyl (C=O) groups is 2. The van der Waals surface area contributed by atoms with Crippen LogP contribution in [0.5, 0.6) is 0 Å². The molecule has 1 saturated heterocycles. The Morgan fingerprint density at radius 2 is 2.21 bits per heavy atom. The van der Waals surface area contributed by atoms with E-state index < -0.39 is 0 Å². The Labute approximate surface area is 141 Å². The monoisotopic (exact) mass is 332 g/mol. The number of ether oxygens (including phenoxy) is 1. The fourth-order valence-corrected chi connectivity index (χ4v) is 2.28. The van der Waals surface area contributed by atoms with E-state index in [9.17, 15) is 9.59 Å². The molecule has 1 amide bonds. The minimum atomic E-state index is -0.318. The van der Waals surface area contributed by atoms with Crippen LogP contribution < -0.4 is 5.32 Å². The van der Waals surface area contributed by atoms with Crippen molar-refractivity contribution in [2.45, 2.75) is 32.9 Å². The molecule has 0 atom stereocenters. The van der Waals surface area contributed by atoms with E-state index in [0.29, 0.717) is 19.6 Å². The zero-order chi connectivity index (χ0) is 17.6. The molecule has 24 heavy (non-hydrogen) atoms. The van der Waals surface area contributed by atoms with E-state index in [0.717, 1.165) is 29.7 Å². The van der Waals surface area contributed by atoms with Crippen LogP contribution in [0.25, 0.3) is 10.9 Å². The number of fused-ring (bicyclic) bond motifs is 1. The van der Waals surface area contributed by atoms with Gasteiger partial charge in [0.15, 0.2) is 0 Å². The van der Waals surface area contributed by atoms with Crippen molar-refractivity contribution in [2.24, 2.45) is 0 Å². The minimum Gasteiger partial charge on any atom is -0.462 e. The third kappa shape index (κ3) is 5.34. The average Bonchev–Trinajstić information content (AvgIpc) is 2.91. The fourth-order valence-electron chi connectivity index (χ4n) is 2.28. The van der Waals surface area contributed by atoms with Crippen LogP contribution in [-0.4, -0.2) is 52.5 Å². The molecule has 0 unspecified atom stereocenters. The fraction of sp³-hybridized carbons (Fsp3) is 0.471. The molecule has 0 spiro atoms. The lowest BCUT2D eigenvalue weighted by molar-refractivity contribution is -0.138. The first-order valence-electron chi connectivity index (χ1n) is 7.90. The van der Waals surface area contributed by atoms with Gasteiger partial charge in [0, 0.05) is 42.1 Å². The van der Waals surface area contributed by atoms with E-state index in [1.165, 1.54) is 0 Å². The van der Waals surface area contributed by atoms with Gasteiger partial charge in [-0.3, -0.25) is 14.6 Å². The predicted octanol–water partition coefficient (Wildman–Crippen LogP) is 1.45. The highest BCUT2D eigenvalue weighted by Gasteiger charge is 2.18. The number of aromatic amines is 1. The molecule has 3 heterocycles. The standard InChI is InChI=1S/C12H14N4O.C5H10O2/c17-12-7-14-3-4-16(12)8-10-5-9-6-13-2-1-11(9)15-10;1-5(2,3)7-4-6/h1-2,5-6,14-15H,3-4,7-8H2;4H,1-3H3. The smallest absolute Gasteiger partial charge is 0.293 e. The molecular formula is C17H24N4O3. The zero-order valence-electron chi connectivity index (χ0n) is 14.3. The summed E-state index contributed by atoms with van der Waals surface area (Å²) in [5.74, 6) is 0.160. The van der Waals surface area contributed by atoms with Crippen molar-refractivity contribution >= 4 is 23.3 Å². The summed E-state index contributed by atoms with van der Waals surface area (Å²) < 4.78 is 4.55. The summed E-state index contributed by atoms with van der Waals surface area (Å²) in [5.41, 5.74) is 1.81. The molecule has 2 N–H and O–H groups in total. The van der Waals surface area contributed by atoms with Crippen molar-refractivity contribution in [3.8, 4) is 0 Å². The van der Waals surface area contributed by atoms with Gasteiger partial charge in [-0.2, -0.15) is 0 Å². The molecule has 0 aliphatic carbocycles. The van der Waals surface area contributed by atoms with Crippen molar-refractivity contribution in [3.05, 3.63) is 30.2 Å². The Morgan fingerprint density at radius 3 is 2.79 bits per heavy atom. The Hall–Kier alpha value is -2.41. The summed E-state index contributed by atoms with van der Waals surface area (Å²) in [4.78, 5) is 30.5. The molecule has 3 rings (SSSR count). The topological polar surface area (TPSA) is 87.3 Å². The molecule has 130 valence electrons. The van der Waals surface area contributed by atoms with Crippen molar-refractivity contribution in [2.75, 3.05) is 19.6 Å². The van der Waals surface area contributed by atoms with Gasteiger partial charge in [0.1, 0.15) is 5.60 Å². The Balaban J connectivity index is 0.000000256. The second-order valence-corrected chi connectivity index (χ2v) is 6.58. The Bertz CT molecular complexity index is 657. The van der Waals surface area contributed by atoms with E-state index in [-0.39, 0.29) is 11.5 Å². The first-order chi connectivity index (χ1) is 11.4. The van der Waals surface area contributed by atoms with Crippen molar-refractivity contribution in [1.29, 1.82) is 0 Å². The molecule has 7 nitrogen and oxygen atoms in total. The third-order valence-electron chi connectivity index (χ3n) is 3.43. The normalized spacial score (nSPS) is 15.0. The lowest BCUT2D eigenvalue weighted by atomic mass is 10.2. The highest BCUT2D eigenvalue weighted by Crippen LogP contribution is 2.15. The van der Waals surface area contributed by atoms with Gasteiger partial charge >= 0.3 is 0 Å². The molecule has 1 aliphatic rings. The van der Waals surface area contributed by atoms with Gasteiger partial charge in [-0.15, -0.1) is 0 Å². The summed E-state index contributed by atoms with van der Waals surface area (Å²) >= 11 is 0. The average molecular weight is 332 g/mol. The largest absolute Gasteiger partial charge is 0.462 e. The number of piperazine rings is 1. The quantitative estimate of drug-likeness (QED) is 0.831.